The molecule has 2 aromatic carbocycles. The van der Waals surface area contributed by atoms with Gasteiger partial charge in [0.05, 0.1) is 23.3 Å². The number of carbonyl (C=O) groups is 1. The average molecular weight is 388 g/mol. The Hall–Kier alpha value is -2.54. The van der Waals surface area contributed by atoms with E-state index in [9.17, 15) is 13.2 Å². The molecular formula is C20H24N2O4S. The van der Waals surface area contributed by atoms with Gasteiger partial charge in [-0.05, 0) is 42.2 Å². The first-order chi connectivity index (χ1) is 12.8. The van der Waals surface area contributed by atoms with Crippen LogP contribution in [0.25, 0.3) is 0 Å². The molecule has 6 nitrogen and oxygen atoms in total. The van der Waals surface area contributed by atoms with Gasteiger partial charge in [0.2, 0.25) is 0 Å². The van der Waals surface area contributed by atoms with Crippen LogP contribution in [0.2, 0.25) is 0 Å². The maximum absolute atomic E-state index is 13.2. The van der Waals surface area contributed by atoms with Crippen LogP contribution in [0, 0.1) is 5.92 Å². The monoisotopic (exact) mass is 388 g/mol. The highest BCUT2D eigenvalue weighted by Gasteiger charge is 2.31. The molecule has 0 fully saturated rings. The Morgan fingerprint density at radius 3 is 2.67 bits per heavy atom. The molecule has 0 spiro atoms. The second kappa shape index (κ2) is 7.60. The van der Waals surface area contributed by atoms with Crippen LogP contribution >= 0.6 is 0 Å². The van der Waals surface area contributed by atoms with Crippen LogP contribution in [0.15, 0.2) is 47.4 Å². The lowest BCUT2D eigenvalue weighted by Crippen LogP contribution is -2.30. The van der Waals surface area contributed by atoms with Gasteiger partial charge in [-0.25, -0.2) is 8.42 Å². The third kappa shape index (κ3) is 3.78. The van der Waals surface area contributed by atoms with Crippen molar-refractivity contribution in [3.8, 4) is 5.75 Å². The number of ether oxygens (including phenoxy) is 1. The number of para-hydroxylation sites is 1. The van der Waals surface area contributed by atoms with Crippen molar-refractivity contribution >= 4 is 21.6 Å². The van der Waals surface area contributed by atoms with Gasteiger partial charge in [0.25, 0.3) is 15.9 Å². The van der Waals surface area contributed by atoms with Gasteiger partial charge in [-0.1, -0.05) is 32.0 Å². The molecule has 27 heavy (non-hydrogen) atoms. The number of nitrogens with zero attached hydrogens (tertiary/aromatic N) is 1. The predicted molar refractivity (Wildman–Crippen MR) is 105 cm³/mol. The lowest BCUT2D eigenvalue weighted by atomic mass is 10.1. The number of rotatable bonds is 6. The molecule has 1 aliphatic rings. The van der Waals surface area contributed by atoms with Crippen molar-refractivity contribution < 1.29 is 17.9 Å². The SMILES string of the molecule is COc1ccc(S(=O)(=O)N2CCc3ccccc32)cc1C(=O)NCC(C)C. The fourth-order valence-electron chi connectivity index (χ4n) is 3.10. The van der Waals surface area contributed by atoms with Gasteiger partial charge in [-0.15, -0.1) is 0 Å². The first-order valence-electron chi connectivity index (χ1n) is 8.91. The number of amides is 1. The molecule has 1 N–H and O–H groups in total. The van der Waals surface area contributed by atoms with Gasteiger partial charge >= 0.3 is 0 Å². The fraction of sp³-hybridized carbons (Fsp3) is 0.350. The molecule has 0 atom stereocenters. The second-order valence-electron chi connectivity index (χ2n) is 6.92. The number of anilines is 1. The predicted octanol–water partition coefficient (Wildman–Crippen LogP) is 2.83. The Morgan fingerprint density at radius 1 is 1.22 bits per heavy atom. The molecule has 0 aromatic heterocycles. The zero-order valence-electron chi connectivity index (χ0n) is 15.7. The lowest BCUT2D eigenvalue weighted by Gasteiger charge is -2.20. The summed E-state index contributed by atoms with van der Waals surface area (Å²) in [5.74, 6) is 0.282. The number of fused-ring (bicyclic) bond motifs is 1. The van der Waals surface area contributed by atoms with Crippen LogP contribution in [0.5, 0.6) is 5.75 Å². The summed E-state index contributed by atoms with van der Waals surface area (Å²) < 4.78 is 33.0. The highest BCUT2D eigenvalue weighted by atomic mass is 32.2. The van der Waals surface area contributed by atoms with E-state index < -0.39 is 10.0 Å². The molecule has 0 aliphatic carbocycles. The Morgan fingerprint density at radius 2 is 1.96 bits per heavy atom. The zero-order valence-corrected chi connectivity index (χ0v) is 16.5. The summed E-state index contributed by atoms with van der Waals surface area (Å²) in [5, 5.41) is 2.81. The van der Waals surface area contributed by atoms with Gasteiger partial charge < -0.3 is 10.1 Å². The van der Waals surface area contributed by atoms with E-state index in [2.05, 4.69) is 5.32 Å². The topological polar surface area (TPSA) is 75.7 Å². The van der Waals surface area contributed by atoms with Crippen molar-refractivity contribution in [2.24, 2.45) is 5.92 Å². The Balaban J connectivity index is 1.97. The van der Waals surface area contributed by atoms with Crippen LogP contribution in [-0.4, -0.2) is 34.5 Å². The average Bonchev–Trinajstić information content (AvgIpc) is 3.10. The summed E-state index contributed by atoms with van der Waals surface area (Å²) in [4.78, 5) is 12.6. The third-order valence-electron chi connectivity index (χ3n) is 4.52. The molecule has 0 bridgehead atoms. The lowest BCUT2D eigenvalue weighted by molar-refractivity contribution is 0.0945. The first kappa shape index (κ1) is 19.2. The molecule has 0 unspecified atom stereocenters. The summed E-state index contributed by atoms with van der Waals surface area (Å²) in [5.41, 5.74) is 1.91. The number of carbonyl (C=O) groups excluding carboxylic acids is 1. The van der Waals surface area contributed by atoms with Gasteiger partial charge in [0, 0.05) is 13.1 Å². The maximum atomic E-state index is 13.2. The Labute approximate surface area is 160 Å². The molecule has 7 heteroatoms. The van der Waals surface area contributed by atoms with E-state index in [1.165, 1.54) is 29.6 Å². The summed E-state index contributed by atoms with van der Waals surface area (Å²) >= 11 is 0. The number of sulfonamides is 1. The third-order valence-corrected chi connectivity index (χ3v) is 6.33. The second-order valence-corrected chi connectivity index (χ2v) is 8.78. The van der Waals surface area contributed by atoms with Crippen LogP contribution in [0.1, 0.15) is 29.8 Å². The molecule has 0 saturated carbocycles. The molecule has 1 heterocycles. The molecule has 1 amide bonds. The minimum atomic E-state index is -3.77. The summed E-state index contributed by atoms with van der Waals surface area (Å²) in [6.45, 7) is 4.87. The smallest absolute Gasteiger partial charge is 0.264 e. The molecule has 0 radical (unpaired) electrons. The van der Waals surface area contributed by atoms with E-state index >= 15 is 0 Å². The molecule has 1 aliphatic heterocycles. The number of hydrogen-bond acceptors (Lipinski definition) is 4. The normalized spacial score (nSPS) is 13.6. The van der Waals surface area contributed by atoms with Crippen LogP contribution < -0.4 is 14.4 Å². The van der Waals surface area contributed by atoms with E-state index in [-0.39, 0.29) is 22.3 Å². The number of hydrogen-bond donors (Lipinski definition) is 1. The Kier molecular flexibility index (Phi) is 5.41. The van der Waals surface area contributed by atoms with E-state index in [0.717, 1.165) is 5.56 Å². The van der Waals surface area contributed by atoms with Crippen molar-refractivity contribution in [1.82, 2.24) is 5.32 Å². The Bertz CT molecular complexity index is 954. The van der Waals surface area contributed by atoms with E-state index in [1.54, 1.807) is 6.07 Å². The van der Waals surface area contributed by atoms with Crippen LogP contribution in [0.4, 0.5) is 5.69 Å². The van der Waals surface area contributed by atoms with E-state index in [1.807, 2.05) is 32.0 Å². The summed E-state index contributed by atoms with van der Waals surface area (Å²) in [7, 11) is -2.31. The van der Waals surface area contributed by atoms with Gasteiger partial charge in [-0.3, -0.25) is 9.10 Å². The van der Waals surface area contributed by atoms with Gasteiger partial charge in [0.1, 0.15) is 5.75 Å². The molecule has 0 saturated heterocycles. The zero-order chi connectivity index (χ0) is 19.6. The van der Waals surface area contributed by atoms with Crippen molar-refractivity contribution in [1.29, 1.82) is 0 Å². The fourth-order valence-corrected chi connectivity index (χ4v) is 4.63. The van der Waals surface area contributed by atoms with Crippen LogP contribution in [-0.2, 0) is 16.4 Å². The summed E-state index contributed by atoms with van der Waals surface area (Å²) in [6.07, 6.45) is 0.674. The highest BCUT2D eigenvalue weighted by Crippen LogP contribution is 2.33. The quantitative estimate of drug-likeness (QED) is 0.826. The van der Waals surface area contributed by atoms with Gasteiger partial charge in [0.15, 0.2) is 0 Å². The van der Waals surface area contributed by atoms with Crippen molar-refractivity contribution in [3.63, 3.8) is 0 Å². The van der Waals surface area contributed by atoms with Crippen molar-refractivity contribution in [2.45, 2.75) is 25.2 Å². The van der Waals surface area contributed by atoms with Crippen LogP contribution in [0.3, 0.4) is 0 Å². The maximum Gasteiger partial charge on any atom is 0.264 e. The molecule has 144 valence electrons. The standard InChI is InChI=1S/C20H24N2O4S/c1-14(2)13-21-20(23)17-12-16(8-9-19(17)26-3)27(24,25)22-11-10-15-6-4-5-7-18(15)22/h4-9,12,14H,10-11,13H2,1-3H3,(H,21,23). The molecule has 3 rings (SSSR count). The first-order valence-corrected chi connectivity index (χ1v) is 10.4. The highest BCUT2D eigenvalue weighted by molar-refractivity contribution is 7.92. The van der Waals surface area contributed by atoms with Crippen molar-refractivity contribution in [3.05, 3.63) is 53.6 Å². The van der Waals surface area contributed by atoms with E-state index in [4.69, 9.17) is 4.74 Å². The molecule has 2 aromatic rings. The minimum Gasteiger partial charge on any atom is -0.496 e. The summed E-state index contributed by atoms with van der Waals surface area (Å²) in [6, 6.07) is 11.9. The number of nitrogens with one attached hydrogen (secondary N) is 1. The number of benzene rings is 2. The van der Waals surface area contributed by atoms with Gasteiger partial charge in [-0.2, -0.15) is 0 Å². The van der Waals surface area contributed by atoms with Crippen molar-refractivity contribution in [2.75, 3.05) is 24.5 Å². The number of methoxy groups -OCH3 is 1. The molecular weight excluding hydrogens is 364 g/mol. The van der Waals surface area contributed by atoms with E-state index in [0.29, 0.717) is 30.9 Å². The minimum absolute atomic E-state index is 0.0784. The largest absolute Gasteiger partial charge is 0.496 e.